The Kier molecular flexibility index (Phi) is 4.52. The van der Waals surface area contributed by atoms with Crippen LogP contribution in [-0.2, 0) is 23.1 Å². The van der Waals surface area contributed by atoms with Gasteiger partial charge in [0.2, 0.25) is 6.29 Å². The van der Waals surface area contributed by atoms with Gasteiger partial charge in [0.15, 0.2) is 0 Å². The van der Waals surface area contributed by atoms with Gasteiger partial charge in [-0.2, -0.15) is 0 Å². The van der Waals surface area contributed by atoms with Gasteiger partial charge in [0, 0.05) is 0 Å². The van der Waals surface area contributed by atoms with Crippen molar-refractivity contribution in [1.82, 2.24) is 0 Å². The highest BCUT2D eigenvalue weighted by Crippen LogP contribution is 2.60. The van der Waals surface area contributed by atoms with Crippen LogP contribution in [0.4, 0.5) is 0 Å². The minimum atomic E-state index is -3.76. The molecule has 0 saturated carbocycles. The lowest BCUT2D eigenvalue weighted by Gasteiger charge is -2.19. The number of hydrogen-bond acceptors (Lipinski definition) is 6. The molecule has 1 N–H and O–H groups in total. The van der Waals surface area contributed by atoms with Crippen molar-refractivity contribution < 1.29 is 28.3 Å². The first-order valence-electron chi connectivity index (χ1n) is 4.64. The number of halogens is 1. The van der Waals surface area contributed by atoms with Crippen molar-refractivity contribution >= 4 is 25.2 Å². The van der Waals surface area contributed by atoms with Gasteiger partial charge in [-0.3, -0.25) is 4.57 Å². The quantitative estimate of drug-likeness (QED) is 0.603. The summed E-state index contributed by atoms with van der Waals surface area (Å²) in [7, 11) is -3.76. The zero-order valence-corrected chi connectivity index (χ0v) is 10.5. The van der Waals surface area contributed by atoms with E-state index in [4.69, 9.17) is 20.6 Å². The first-order chi connectivity index (χ1) is 7.46. The Morgan fingerprint density at radius 2 is 1.94 bits per heavy atom. The Labute approximate surface area is 97.7 Å². The van der Waals surface area contributed by atoms with E-state index >= 15 is 0 Å². The molecule has 8 heteroatoms. The predicted octanol–water partition coefficient (Wildman–Crippen LogP) is 1.58. The van der Waals surface area contributed by atoms with Crippen LogP contribution in [0, 0.1) is 0 Å². The van der Waals surface area contributed by atoms with Crippen molar-refractivity contribution in [1.29, 1.82) is 0 Å². The molecule has 6 nitrogen and oxygen atoms in total. The summed E-state index contributed by atoms with van der Waals surface area (Å²) >= 11 is 5.59. The number of cyclic esters (lactones) is 1. The van der Waals surface area contributed by atoms with Crippen molar-refractivity contribution in [2.45, 2.75) is 20.1 Å². The second kappa shape index (κ2) is 5.29. The fourth-order valence-electron chi connectivity index (χ4n) is 1.19. The van der Waals surface area contributed by atoms with E-state index in [1.807, 2.05) is 0 Å². The second-order valence-corrected chi connectivity index (χ2v) is 5.16. The summed E-state index contributed by atoms with van der Waals surface area (Å²) in [5.41, 5.74) is 0. The molecule has 0 aromatic rings. The molecule has 0 aromatic heterocycles. The van der Waals surface area contributed by atoms with Crippen LogP contribution in [0.25, 0.3) is 0 Å². The maximum absolute atomic E-state index is 12.2. The Bertz CT molecular complexity index is 356. The molecule has 1 unspecified atom stereocenters. The van der Waals surface area contributed by atoms with Crippen LogP contribution in [0.1, 0.15) is 13.8 Å². The van der Waals surface area contributed by atoms with E-state index in [1.54, 1.807) is 13.8 Å². The third-order valence-corrected chi connectivity index (χ3v) is 4.47. The largest absolute Gasteiger partial charge is 0.427 e. The number of aliphatic hydroxyl groups is 1. The van der Waals surface area contributed by atoms with Gasteiger partial charge < -0.3 is 18.9 Å². The molecule has 1 rings (SSSR count). The molecule has 0 aliphatic carbocycles. The van der Waals surface area contributed by atoms with Crippen molar-refractivity contribution in [2.75, 3.05) is 13.2 Å². The van der Waals surface area contributed by atoms with Crippen LogP contribution in [0.15, 0.2) is 10.3 Å². The van der Waals surface area contributed by atoms with Crippen LogP contribution >= 0.6 is 19.2 Å². The van der Waals surface area contributed by atoms with E-state index in [0.717, 1.165) is 0 Å². The van der Waals surface area contributed by atoms with Crippen molar-refractivity contribution in [3.8, 4) is 0 Å². The fraction of sp³-hybridized carbons (Fsp3) is 0.625. The molecule has 0 radical (unpaired) electrons. The third-order valence-electron chi connectivity index (χ3n) is 1.75. The number of aliphatic hydroxyl groups excluding tert-OH is 1. The molecular formula is C8H12ClO6P. The second-order valence-electron chi connectivity index (χ2n) is 2.79. The standard InChI is InChI=1S/C8H12ClO6P/c1-3-13-16(12,14-4-2)6-5(9)7(10)15-8(6)11/h8,11H,3-4H2,1-2H3. The molecule has 0 aromatic carbocycles. The zero-order chi connectivity index (χ0) is 12.3. The van der Waals surface area contributed by atoms with E-state index in [2.05, 4.69) is 4.74 Å². The van der Waals surface area contributed by atoms with Gasteiger partial charge in [0.25, 0.3) is 0 Å². The first-order valence-corrected chi connectivity index (χ1v) is 6.56. The first kappa shape index (κ1) is 13.7. The highest BCUT2D eigenvalue weighted by atomic mass is 35.5. The SMILES string of the molecule is CCOP(=O)(OCC)C1=C(Cl)C(=O)OC1O. The average Bonchev–Trinajstić information content (AvgIpc) is 2.42. The van der Waals surface area contributed by atoms with Gasteiger partial charge in [-0.15, -0.1) is 0 Å². The monoisotopic (exact) mass is 270 g/mol. The zero-order valence-electron chi connectivity index (χ0n) is 8.81. The molecule has 1 aliphatic rings. The van der Waals surface area contributed by atoms with Gasteiger partial charge in [-0.1, -0.05) is 11.6 Å². The molecule has 16 heavy (non-hydrogen) atoms. The topological polar surface area (TPSA) is 82.1 Å². The van der Waals surface area contributed by atoms with Crippen molar-refractivity contribution in [2.24, 2.45) is 0 Å². The summed E-state index contributed by atoms with van der Waals surface area (Å²) in [6.45, 7) is 3.38. The van der Waals surface area contributed by atoms with Crippen LogP contribution in [0.5, 0.6) is 0 Å². The van der Waals surface area contributed by atoms with Gasteiger partial charge in [0.1, 0.15) is 10.3 Å². The van der Waals surface area contributed by atoms with Crippen LogP contribution in [0.3, 0.4) is 0 Å². The molecule has 0 saturated heterocycles. The number of hydrogen-bond donors (Lipinski definition) is 1. The summed E-state index contributed by atoms with van der Waals surface area (Å²) in [6, 6.07) is 0. The molecular weight excluding hydrogens is 259 g/mol. The number of carbonyl (C=O) groups is 1. The maximum atomic E-state index is 12.2. The number of rotatable bonds is 5. The molecule has 1 aliphatic heterocycles. The summed E-state index contributed by atoms with van der Waals surface area (Å²) < 4.78 is 26.5. The van der Waals surface area contributed by atoms with E-state index in [-0.39, 0.29) is 18.5 Å². The Morgan fingerprint density at radius 1 is 1.44 bits per heavy atom. The average molecular weight is 271 g/mol. The summed E-state index contributed by atoms with van der Waals surface area (Å²) in [6.07, 6.45) is -1.68. The Morgan fingerprint density at radius 3 is 2.25 bits per heavy atom. The van der Waals surface area contributed by atoms with Gasteiger partial charge in [0.05, 0.1) is 13.2 Å². The molecule has 92 valence electrons. The highest BCUT2D eigenvalue weighted by molar-refractivity contribution is 7.58. The lowest BCUT2D eigenvalue weighted by molar-refractivity contribution is -0.151. The van der Waals surface area contributed by atoms with E-state index in [0.29, 0.717) is 0 Å². The lowest BCUT2D eigenvalue weighted by Crippen LogP contribution is -2.12. The normalized spacial score (nSPS) is 21.5. The minimum Gasteiger partial charge on any atom is -0.427 e. The lowest BCUT2D eigenvalue weighted by atomic mass is 10.5. The van der Waals surface area contributed by atoms with E-state index in [9.17, 15) is 14.5 Å². The summed E-state index contributed by atoms with van der Waals surface area (Å²) in [5, 5.41) is 8.62. The molecule has 1 atom stereocenters. The van der Waals surface area contributed by atoms with Crippen LogP contribution in [0.2, 0.25) is 0 Å². The third kappa shape index (κ3) is 2.47. The molecule has 0 amide bonds. The van der Waals surface area contributed by atoms with Gasteiger partial charge >= 0.3 is 13.6 Å². The molecule has 0 fully saturated rings. The summed E-state index contributed by atoms with van der Waals surface area (Å²) in [4.78, 5) is 11.0. The van der Waals surface area contributed by atoms with E-state index < -0.39 is 24.9 Å². The molecule has 0 bridgehead atoms. The number of esters is 1. The fourth-order valence-corrected chi connectivity index (χ4v) is 3.33. The maximum Gasteiger partial charge on any atom is 0.365 e. The predicted molar refractivity (Wildman–Crippen MR) is 55.8 cm³/mol. The summed E-state index contributed by atoms with van der Waals surface area (Å²) in [5.74, 6) is -0.941. The van der Waals surface area contributed by atoms with Crippen LogP contribution in [-0.4, -0.2) is 30.6 Å². The smallest absolute Gasteiger partial charge is 0.365 e. The molecule has 0 spiro atoms. The van der Waals surface area contributed by atoms with E-state index in [1.165, 1.54) is 0 Å². The van der Waals surface area contributed by atoms with Crippen molar-refractivity contribution in [3.63, 3.8) is 0 Å². The van der Waals surface area contributed by atoms with Gasteiger partial charge in [-0.25, -0.2) is 4.79 Å². The Balaban J connectivity index is 3.12. The van der Waals surface area contributed by atoms with Crippen molar-refractivity contribution in [3.05, 3.63) is 10.3 Å². The van der Waals surface area contributed by atoms with Gasteiger partial charge in [-0.05, 0) is 13.8 Å². The number of carbonyl (C=O) groups excluding carboxylic acids is 1. The van der Waals surface area contributed by atoms with Crippen LogP contribution < -0.4 is 0 Å². The molecule has 1 heterocycles. The minimum absolute atomic E-state index is 0.0891. The number of ether oxygens (including phenoxy) is 1. The highest BCUT2D eigenvalue weighted by Gasteiger charge is 2.45. The Hall–Kier alpha value is -0.390.